The van der Waals surface area contributed by atoms with Crippen LogP contribution in [0, 0.1) is 6.92 Å². The summed E-state index contributed by atoms with van der Waals surface area (Å²) in [6.45, 7) is 3.21. The van der Waals surface area contributed by atoms with Crippen molar-refractivity contribution in [3.8, 4) is 16.9 Å². The van der Waals surface area contributed by atoms with Gasteiger partial charge >= 0.3 is 6.03 Å². The van der Waals surface area contributed by atoms with E-state index in [0.29, 0.717) is 13.1 Å². The van der Waals surface area contributed by atoms with Crippen molar-refractivity contribution in [1.29, 1.82) is 0 Å². The summed E-state index contributed by atoms with van der Waals surface area (Å²) < 4.78 is 6.47. The Morgan fingerprint density at radius 2 is 1.87 bits per heavy atom. The fraction of sp³-hybridized carbons (Fsp3) is 0.333. The van der Waals surface area contributed by atoms with E-state index in [0.717, 1.165) is 37.1 Å². The standard InChI is InChI=1S/C24H25N3O3/c1-16-21-4-2-17(14-19(21)7-11-25-16)18-3-5-22-20(15-18)6-8-24(30-22)9-12-27(13-10-24)23(28)26-29/h2-5,7,11,14-15,29H,6,8-10,12-13H2,1H3,(H,26,28). The van der Waals surface area contributed by atoms with E-state index in [1.807, 2.05) is 13.1 Å². The number of fused-ring (bicyclic) bond motifs is 2. The van der Waals surface area contributed by atoms with E-state index in [1.54, 1.807) is 10.4 Å². The number of carbonyl (C=O) groups excluding carboxylic acids is 1. The van der Waals surface area contributed by atoms with Gasteiger partial charge in [-0.2, -0.15) is 0 Å². The number of carbonyl (C=O) groups is 1. The third-order valence-corrected chi connectivity index (χ3v) is 6.59. The average molecular weight is 403 g/mol. The molecule has 0 unspecified atom stereocenters. The molecular weight excluding hydrogens is 378 g/mol. The van der Waals surface area contributed by atoms with Gasteiger partial charge in [0, 0.05) is 43.2 Å². The average Bonchev–Trinajstić information content (AvgIpc) is 2.79. The van der Waals surface area contributed by atoms with Crippen molar-refractivity contribution in [1.82, 2.24) is 15.4 Å². The summed E-state index contributed by atoms with van der Waals surface area (Å²) in [5, 5.41) is 11.2. The molecule has 1 saturated heterocycles. The van der Waals surface area contributed by atoms with Gasteiger partial charge < -0.3 is 9.64 Å². The largest absolute Gasteiger partial charge is 0.487 e. The second-order valence-corrected chi connectivity index (χ2v) is 8.34. The molecule has 5 rings (SSSR count). The molecule has 3 aromatic rings. The van der Waals surface area contributed by atoms with Crippen LogP contribution < -0.4 is 10.2 Å². The molecular formula is C24H25N3O3. The van der Waals surface area contributed by atoms with Gasteiger partial charge in [0.05, 0.1) is 0 Å². The van der Waals surface area contributed by atoms with E-state index in [2.05, 4.69) is 47.4 Å². The lowest BCUT2D eigenvalue weighted by Gasteiger charge is -2.44. The zero-order chi connectivity index (χ0) is 20.7. The van der Waals surface area contributed by atoms with Crippen LogP contribution in [0.15, 0.2) is 48.7 Å². The van der Waals surface area contributed by atoms with Crippen LogP contribution in [-0.2, 0) is 6.42 Å². The highest BCUT2D eigenvalue weighted by Crippen LogP contribution is 2.41. The van der Waals surface area contributed by atoms with E-state index >= 15 is 0 Å². The molecule has 3 heterocycles. The number of aryl methyl sites for hydroxylation is 2. The number of amides is 2. The summed E-state index contributed by atoms with van der Waals surface area (Å²) in [5.41, 5.74) is 6.18. The van der Waals surface area contributed by atoms with Crippen LogP contribution in [0.3, 0.4) is 0 Å². The number of hydroxylamine groups is 1. The first kappa shape index (κ1) is 18.9. The molecule has 2 aliphatic rings. The lowest BCUT2D eigenvalue weighted by atomic mass is 9.82. The fourth-order valence-electron chi connectivity index (χ4n) is 4.75. The number of piperidine rings is 1. The zero-order valence-corrected chi connectivity index (χ0v) is 17.0. The summed E-state index contributed by atoms with van der Waals surface area (Å²) in [4.78, 5) is 17.6. The van der Waals surface area contributed by atoms with Gasteiger partial charge in [0.25, 0.3) is 0 Å². The predicted octanol–water partition coefficient (Wildman–Crippen LogP) is 4.47. The van der Waals surface area contributed by atoms with Gasteiger partial charge in [-0.15, -0.1) is 0 Å². The molecule has 1 spiro atoms. The van der Waals surface area contributed by atoms with E-state index in [4.69, 9.17) is 9.94 Å². The van der Waals surface area contributed by atoms with Crippen LogP contribution >= 0.6 is 0 Å². The summed E-state index contributed by atoms with van der Waals surface area (Å²) in [6, 6.07) is 14.6. The Morgan fingerprint density at radius 3 is 2.67 bits per heavy atom. The first-order valence-electron chi connectivity index (χ1n) is 10.4. The molecule has 6 heteroatoms. The van der Waals surface area contributed by atoms with E-state index < -0.39 is 6.03 Å². The molecule has 0 bridgehead atoms. The Morgan fingerprint density at radius 1 is 1.10 bits per heavy atom. The van der Waals surface area contributed by atoms with E-state index in [-0.39, 0.29) is 5.60 Å². The first-order valence-corrected chi connectivity index (χ1v) is 10.4. The fourth-order valence-corrected chi connectivity index (χ4v) is 4.75. The first-order chi connectivity index (χ1) is 14.6. The van der Waals surface area contributed by atoms with E-state index in [1.165, 1.54) is 27.5 Å². The van der Waals surface area contributed by atoms with Crippen LogP contribution in [-0.4, -0.2) is 39.8 Å². The Hall–Kier alpha value is -3.12. The molecule has 1 aromatic heterocycles. The summed E-state index contributed by atoms with van der Waals surface area (Å²) >= 11 is 0. The minimum atomic E-state index is -0.438. The van der Waals surface area contributed by atoms with Gasteiger partial charge in [0.2, 0.25) is 0 Å². The number of benzene rings is 2. The number of urea groups is 1. The third kappa shape index (κ3) is 3.27. The molecule has 0 saturated carbocycles. The molecule has 0 aliphatic carbocycles. The third-order valence-electron chi connectivity index (χ3n) is 6.59. The quantitative estimate of drug-likeness (QED) is 0.464. The maximum Gasteiger partial charge on any atom is 0.341 e. The van der Waals surface area contributed by atoms with Gasteiger partial charge in [-0.25, -0.2) is 10.3 Å². The number of pyridine rings is 1. The molecule has 2 aliphatic heterocycles. The lowest BCUT2D eigenvalue weighted by molar-refractivity contribution is -0.00877. The lowest BCUT2D eigenvalue weighted by Crippen LogP contribution is -2.52. The SMILES string of the molecule is Cc1nccc2cc(-c3ccc4c(c3)CCC3(CCN(C(=O)NO)CC3)O4)ccc12. The van der Waals surface area contributed by atoms with Crippen molar-refractivity contribution in [2.75, 3.05) is 13.1 Å². The minimum Gasteiger partial charge on any atom is -0.487 e. The molecule has 2 amide bonds. The number of hydrogen-bond donors (Lipinski definition) is 2. The molecule has 2 N–H and O–H groups in total. The Bertz CT molecular complexity index is 1120. The Balaban J connectivity index is 1.37. The van der Waals surface area contributed by atoms with Crippen molar-refractivity contribution in [2.24, 2.45) is 0 Å². The van der Waals surface area contributed by atoms with Crippen molar-refractivity contribution in [3.63, 3.8) is 0 Å². The second kappa shape index (κ2) is 7.29. The van der Waals surface area contributed by atoms with Gasteiger partial charge in [0.1, 0.15) is 11.4 Å². The highest BCUT2D eigenvalue weighted by atomic mass is 16.5. The highest BCUT2D eigenvalue weighted by molar-refractivity contribution is 5.88. The number of hydrogen-bond acceptors (Lipinski definition) is 4. The summed E-state index contributed by atoms with van der Waals surface area (Å²) in [5.74, 6) is 0.950. The molecule has 30 heavy (non-hydrogen) atoms. The van der Waals surface area contributed by atoms with Gasteiger partial charge in [-0.1, -0.05) is 18.2 Å². The molecule has 0 atom stereocenters. The van der Waals surface area contributed by atoms with Crippen molar-refractivity contribution < 1.29 is 14.7 Å². The van der Waals surface area contributed by atoms with Crippen LogP contribution in [0.5, 0.6) is 5.75 Å². The number of nitrogens with zero attached hydrogens (tertiary/aromatic N) is 2. The summed E-state index contributed by atoms with van der Waals surface area (Å²) in [6.07, 6.45) is 5.32. The van der Waals surface area contributed by atoms with Crippen molar-refractivity contribution in [2.45, 2.75) is 38.2 Å². The number of likely N-dealkylation sites (tertiary alicyclic amines) is 1. The van der Waals surface area contributed by atoms with Gasteiger partial charge in [0.15, 0.2) is 0 Å². The van der Waals surface area contributed by atoms with Crippen LogP contribution in [0.4, 0.5) is 4.79 Å². The Kier molecular flexibility index (Phi) is 4.59. The van der Waals surface area contributed by atoms with Crippen LogP contribution in [0.25, 0.3) is 21.9 Å². The number of nitrogens with one attached hydrogen (secondary N) is 1. The topological polar surface area (TPSA) is 74.7 Å². The second-order valence-electron chi connectivity index (χ2n) is 8.34. The maximum absolute atomic E-state index is 11.6. The normalized spacial score (nSPS) is 17.5. The van der Waals surface area contributed by atoms with Gasteiger partial charge in [-0.3, -0.25) is 10.2 Å². The van der Waals surface area contributed by atoms with Gasteiger partial charge in [-0.05, 0) is 66.1 Å². The molecule has 1 fully saturated rings. The molecule has 2 aromatic carbocycles. The number of aromatic nitrogens is 1. The smallest absolute Gasteiger partial charge is 0.341 e. The summed E-state index contributed by atoms with van der Waals surface area (Å²) in [7, 11) is 0. The van der Waals surface area contributed by atoms with E-state index in [9.17, 15) is 4.79 Å². The maximum atomic E-state index is 11.6. The predicted molar refractivity (Wildman–Crippen MR) is 115 cm³/mol. The minimum absolute atomic E-state index is 0.214. The van der Waals surface area contributed by atoms with Crippen molar-refractivity contribution >= 4 is 16.8 Å². The van der Waals surface area contributed by atoms with Crippen LogP contribution in [0.2, 0.25) is 0 Å². The monoisotopic (exact) mass is 403 g/mol. The Labute approximate surface area is 175 Å². The van der Waals surface area contributed by atoms with Crippen molar-refractivity contribution in [3.05, 3.63) is 59.9 Å². The molecule has 6 nitrogen and oxygen atoms in total. The molecule has 0 radical (unpaired) electrons. The zero-order valence-electron chi connectivity index (χ0n) is 17.0. The number of rotatable bonds is 1. The number of ether oxygens (including phenoxy) is 1. The van der Waals surface area contributed by atoms with Crippen LogP contribution in [0.1, 0.15) is 30.5 Å². The highest BCUT2D eigenvalue weighted by Gasteiger charge is 2.40. The molecule has 154 valence electrons.